The third kappa shape index (κ3) is 3.81. The molecule has 0 aliphatic rings. The van der Waals surface area contributed by atoms with E-state index in [1.807, 2.05) is 45.9 Å². The van der Waals surface area contributed by atoms with E-state index in [0.717, 1.165) is 16.8 Å². The van der Waals surface area contributed by atoms with Gasteiger partial charge in [-0.05, 0) is 43.0 Å². The first-order chi connectivity index (χ1) is 10.4. The number of carbonyl (C=O) groups excluding carboxylic acids is 1. The summed E-state index contributed by atoms with van der Waals surface area (Å²) in [4.78, 5) is 24.1. The predicted molar refractivity (Wildman–Crippen MR) is 87.2 cm³/mol. The molecule has 5 heteroatoms. The Labute approximate surface area is 130 Å². The summed E-state index contributed by atoms with van der Waals surface area (Å²) < 4.78 is 1.34. The topological polar surface area (TPSA) is 64.0 Å². The Morgan fingerprint density at radius 1 is 1.23 bits per heavy atom. The Kier molecular flexibility index (Phi) is 4.75. The molecule has 116 valence electrons. The van der Waals surface area contributed by atoms with Crippen LogP contribution >= 0.6 is 0 Å². The van der Waals surface area contributed by atoms with E-state index in [-0.39, 0.29) is 23.1 Å². The van der Waals surface area contributed by atoms with Crippen molar-refractivity contribution in [3.63, 3.8) is 0 Å². The van der Waals surface area contributed by atoms with Crippen LogP contribution in [0, 0.1) is 19.8 Å². The molecule has 1 aromatic carbocycles. The van der Waals surface area contributed by atoms with E-state index >= 15 is 0 Å². The maximum atomic E-state index is 12.3. The van der Waals surface area contributed by atoms with Crippen molar-refractivity contribution in [2.75, 3.05) is 5.32 Å². The third-order valence-corrected chi connectivity index (χ3v) is 3.28. The molecule has 1 amide bonds. The maximum Gasteiger partial charge on any atom is 0.276 e. The van der Waals surface area contributed by atoms with Crippen LogP contribution in [-0.2, 0) is 6.54 Å². The number of benzene rings is 1. The molecule has 1 aromatic heterocycles. The van der Waals surface area contributed by atoms with E-state index in [0.29, 0.717) is 6.54 Å². The number of carbonyl (C=O) groups is 1. The van der Waals surface area contributed by atoms with Gasteiger partial charge in [0.25, 0.3) is 11.5 Å². The fourth-order valence-electron chi connectivity index (χ4n) is 2.10. The number of amides is 1. The molecule has 0 saturated heterocycles. The Morgan fingerprint density at radius 2 is 1.95 bits per heavy atom. The second kappa shape index (κ2) is 6.56. The van der Waals surface area contributed by atoms with Crippen LogP contribution in [0.25, 0.3) is 0 Å². The van der Waals surface area contributed by atoms with Crippen LogP contribution in [0.5, 0.6) is 0 Å². The monoisotopic (exact) mass is 299 g/mol. The average molecular weight is 299 g/mol. The van der Waals surface area contributed by atoms with E-state index in [4.69, 9.17) is 0 Å². The molecule has 0 aliphatic heterocycles. The molecule has 0 saturated carbocycles. The Morgan fingerprint density at radius 3 is 2.64 bits per heavy atom. The van der Waals surface area contributed by atoms with Crippen molar-refractivity contribution in [3.8, 4) is 0 Å². The number of nitrogens with one attached hydrogen (secondary N) is 1. The summed E-state index contributed by atoms with van der Waals surface area (Å²) in [6.07, 6.45) is 0. The zero-order chi connectivity index (χ0) is 16.3. The highest BCUT2D eigenvalue weighted by Crippen LogP contribution is 2.16. The van der Waals surface area contributed by atoms with Gasteiger partial charge in [-0.2, -0.15) is 5.10 Å². The van der Waals surface area contributed by atoms with Gasteiger partial charge in [0.15, 0.2) is 0 Å². The lowest BCUT2D eigenvalue weighted by atomic mass is 10.1. The fourth-order valence-corrected chi connectivity index (χ4v) is 2.10. The third-order valence-electron chi connectivity index (χ3n) is 3.28. The highest BCUT2D eigenvalue weighted by atomic mass is 16.2. The van der Waals surface area contributed by atoms with Crippen molar-refractivity contribution in [3.05, 3.63) is 57.5 Å². The number of rotatable bonds is 4. The molecule has 2 rings (SSSR count). The number of hydrogen-bond acceptors (Lipinski definition) is 3. The molecular weight excluding hydrogens is 278 g/mol. The summed E-state index contributed by atoms with van der Waals surface area (Å²) in [7, 11) is 0. The zero-order valence-electron chi connectivity index (χ0n) is 13.4. The summed E-state index contributed by atoms with van der Waals surface area (Å²) in [5.41, 5.74) is 2.85. The zero-order valence-corrected chi connectivity index (χ0v) is 13.4. The van der Waals surface area contributed by atoms with Gasteiger partial charge in [-0.1, -0.05) is 26.0 Å². The van der Waals surface area contributed by atoms with Crippen molar-refractivity contribution in [1.82, 2.24) is 9.78 Å². The lowest BCUT2D eigenvalue weighted by Gasteiger charge is -2.11. The van der Waals surface area contributed by atoms with Crippen LogP contribution in [0.2, 0.25) is 0 Å². The van der Waals surface area contributed by atoms with Crippen LogP contribution in [0.4, 0.5) is 5.69 Å². The summed E-state index contributed by atoms with van der Waals surface area (Å²) in [6, 6.07) is 8.70. The molecule has 0 radical (unpaired) electrons. The molecule has 0 bridgehead atoms. The van der Waals surface area contributed by atoms with Gasteiger partial charge < -0.3 is 5.32 Å². The van der Waals surface area contributed by atoms with E-state index in [9.17, 15) is 9.59 Å². The molecule has 0 atom stereocenters. The Balaban J connectivity index is 2.26. The largest absolute Gasteiger partial charge is 0.320 e. The van der Waals surface area contributed by atoms with Crippen molar-refractivity contribution in [2.24, 2.45) is 5.92 Å². The van der Waals surface area contributed by atoms with Crippen molar-refractivity contribution < 1.29 is 4.79 Å². The van der Waals surface area contributed by atoms with Gasteiger partial charge in [-0.15, -0.1) is 0 Å². The maximum absolute atomic E-state index is 12.3. The molecule has 0 fully saturated rings. The molecule has 1 heterocycles. The van der Waals surface area contributed by atoms with E-state index in [2.05, 4.69) is 10.4 Å². The molecule has 0 spiro atoms. The van der Waals surface area contributed by atoms with Gasteiger partial charge in [0.1, 0.15) is 5.69 Å². The summed E-state index contributed by atoms with van der Waals surface area (Å²) >= 11 is 0. The molecule has 22 heavy (non-hydrogen) atoms. The number of anilines is 1. The van der Waals surface area contributed by atoms with Crippen LogP contribution in [-0.4, -0.2) is 15.7 Å². The van der Waals surface area contributed by atoms with Gasteiger partial charge in [-0.3, -0.25) is 9.59 Å². The van der Waals surface area contributed by atoms with Gasteiger partial charge in [0.2, 0.25) is 0 Å². The number of hydrogen-bond donors (Lipinski definition) is 1. The van der Waals surface area contributed by atoms with Gasteiger partial charge >= 0.3 is 0 Å². The van der Waals surface area contributed by atoms with E-state index in [1.54, 1.807) is 0 Å². The molecule has 2 aromatic rings. The minimum Gasteiger partial charge on any atom is -0.320 e. The van der Waals surface area contributed by atoms with Gasteiger partial charge in [0, 0.05) is 18.3 Å². The first kappa shape index (κ1) is 15.9. The van der Waals surface area contributed by atoms with Crippen molar-refractivity contribution in [2.45, 2.75) is 34.2 Å². The SMILES string of the molecule is Cc1ccc(C)c(NC(=O)c2ccc(=O)n(CC(C)C)n2)c1. The second-order valence-electron chi connectivity index (χ2n) is 5.91. The second-order valence-corrected chi connectivity index (χ2v) is 5.91. The first-order valence-corrected chi connectivity index (χ1v) is 7.33. The van der Waals surface area contributed by atoms with Crippen molar-refractivity contribution in [1.29, 1.82) is 0 Å². The molecule has 0 aliphatic carbocycles. The fraction of sp³-hybridized carbons (Fsp3) is 0.353. The standard InChI is InChI=1S/C17H21N3O2/c1-11(2)10-20-16(21)8-7-14(19-20)17(22)18-15-9-12(3)5-6-13(15)4/h5-9,11H,10H2,1-4H3,(H,18,22). The minimum absolute atomic E-state index is 0.197. The van der Waals surface area contributed by atoms with Crippen LogP contribution in [0.15, 0.2) is 35.1 Å². The highest BCUT2D eigenvalue weighted by Gasteiger charge is 2.12. The van der Waals surface area contributed by atoms with Crippen LogP contribution < -0.4 is 10.9 Å². The molecule has 1 N–H and O–H groups in total. The number of aromatic nitrogens is 2. The van der Waals surface area contributed by atoms with E-state index < -0.39 is 0 Å². The average Bonchev–Trinajstić information content (AvgIpc) is 2.44. The molecule has 0 unspecified atom stereocenters. The summed E-state index contributed by atoms with van der Waals surface area (Å²) in [5, 5.41) is 7.00. The smallest absolute Gasteiger partial charge is 0.276 e. The van der Waals surface area contributed by atoms with Crippen molar-refractivity contribution >= 4 is 11.6 Å². The predicted octanol–water partition coefficient (Wildman–Crippen LogP) is 2.77. The van der Waals surface area contributed by atoms with Gasteiger partial charge in [-0.25, -0.2) is 4.68 Å². The quantitative estimate of drug-likeness (QED) is 0.944. The number of aryl methyl sites for hydroxylation is 2. The first-order valence-electron chi connectivity index (χ1n) is 7.33. The van der Waals surface area contributed by atoms with Gasteiger partial charge in [0.05, 0.1) is 0 Å². The van der Waals surface area contributed by atoms with Crippen LogP contribution in [0.3, 0.4) is 0 Å². The van der Waals surface area contributed by atoms with E-state index in [1.165, 1.54) is 16.8 Å². The Bertz CT molecular complexity index is 748. The normalized spacial score (nSPS) is 10.8. The summed E-state index contributed by atoms with van der Waals surface area (Å²) in [5.74, 6) is -0.0336. The lowest BCUT2D eigenvalue weighted by molar-refractivity contribution is 0.101. The Hall–Kier alpha value is -2.43. The molecule has 5 nitrogen and oxygen atoms in total. The minimum atomic E-state index is -0.314. The summed E-state index contributed by atoms with van der Waals surface area (Å²) in [6.45, 7) is 8.38. The lowest BCUT2D eigenvalue weighted by Crippen LogP contribution is -2.27. The highest BCUT2D eigenvalue weighted by molar-refractivity contribution is 6.03. The van der Waals surface area contributed by atoms with Crippen LogP contribution in [0.1, 0.15) is 35.5 Å². The molecular formula is C17H21N3O2. The number of nitrogens with zero attached hydrogens (tertiary/aromatic N) is 2.